The van der Waals surface area contributed by atoms with E-state index in [4.69, 9.17) is 25.2 Å². The Balaban J connectivity index is 1.70. The summed E-state index contributed by atoms with van der Waals surface area (Å²) in [7, 11) is 1.50. The number of piperazine rings is 1. The number of primary amides is 1. The standard InChI is InChI=1S/C29H36FN5O3/c1-18(2)21-7-6-19(3)26(14-21)38-17-25-20(4)32-28(22-12-23(30)15-24(13-22)37-5)33-29(25)35-10-8-34(9-11-35)16-27(31)36/h6-7,12-15,18H,8-11,16-17H2,1-5H3,(H2,31,36). The van der Waals surface area contributed by atoms with Crippen LogP contribution in [0.15, 0.2) is 36.4 Å². The van der Waals surface area contributed by atoms with Crippen molar-refractivity contribution in [1.29, 1.82) is 0 Å². The number of carbonyl (C=O) groups is 1. The quantitative estimate of drug-likeness (QED) is 0.451. The Morgan fingerprint density at radius 2 is 1.82 bits per heavy atom. The zero-order valence-electron chi connectivity index (χ0n) is 22.8. The molecule has 0 saturated carbocycles. The minimum absolute atomic E-state index is 0.229. The molecule has 1 aliphatic heterocycles. The molecule has 8 nitrogen and oxygen atoms in total. The van der Waals surface area contributed by atoms with Crippen LogP contribution in [0.2, 0.25) is 0 Å². The number of nitrogens with zero attached hydrogens (tertiary/aromatic N) is 4. The number of halogens is 1. The Labute approximate surface area is 223 Å². The molecule has 0 bridgehead atoms. The second-order valence-electron chi connectivity index (χ2n) is 10.0. The average Bonchev–Trinajstić information content (AvgIpc) is 2.88. The van der Waals surface area contributed by atoms with Gasteiger partial charge in [-0.3, -0.25) is 9.69 Å². The summed E-state index contributed by atoms with van der Waals surface area (Å²) in [6.07, 6.45) is 0. The van der Waals surface area contributed by atoms with Gasteiger partial charge in [-0.25, -0.2) is 14.4 Å². The smallest absolute Gasteiger partial charge is 0.231 e. The molecule has 38 heavy (non-hydrogen) atoms. The number of anilines is 1. The van der Waals surface area contributed by atoms with Gasteiger partial charge in [-0.2, -0.15) is 0 Å². The molecule has 1 fully saturated rings. The molecule has 1 saturated heterocycles. The van der Waals surface area contributed by atoms with Gasteiger partial charge in [-0.05, 0) is 49.1 Å². The lowest BCUT2D eigenvalue weighted by Gasteiger charge is -2.36. The molecule has 0 spiro atoms. The minimum atomic E-state index is -0.421. The largest absolute Gasteiger partial charge is 0.497 e. The molecule has 2 heterocycles. The van der Waals surface area contributed by atoms with E-state index in [0.29, 0.717) is 49.2 Å². The highest BCUT2D eigenvalue weighted by atomic mass is 19.1. The zero-order chi connectivity index (χ0) is 27.4. The van der Waals surface area contributed by atoms with Crippen molar-refractivity contribution >= 4 is 11.7 Å². The summed E-state index contributed by atoms with van der Waals surface area (Å²) in [5.74, 6) is 2.01. The fourth-order valence-electron chi connectivity index (χ4n) is 4.57. The molecule has 0 atom stereocenters. The number of aromatic nitrogens is 2. The first-order valence-corrected chi connectivity index (χ1v) is 12.9. The van der Waals surface area contributed by atoms with Crippen molar-refractivity contribution in [3.05, 3.63) is 64.6 Å². The number of hydrogen-bond donors (Lipinski definition) is 1. The average molecular weight is 522 g/mol. The van der Waals surface area contributed by atoms with E-state index in [1.54, 1.807) is 6.07 Å². The second kappa shape index (κ2) is 11.8. The number of ether oxygens (including phenoxy) is 2. The normalized spacial score (nSPS) is 14.1. The van der Waals surface area contributed by atoms with Crippen LogP contribution in [0.5, 0.6) is 11.5 Å². The Morgan fingerprint density at radius 1 is 1.08 bits per heavy atom. The third-order valence-corrected chi connectivity index (χ3v) is 6.86. The van der Waals surface area contributed by atoms with E-state index in [1.807, 2.05) is 18.7 Å². The van der Waals surface area contributed by atoms with Gasteiger partial charge in [0.15, 0.2) is 5.82 Å². The molecule has 0 aliphatic carbocycles. The first-order valence-electron chi connectivity index (χ1n) is 12.9. The summed E-state index contributed by atoms with van der Waals surface area (Å²) in [5.41, 5.74) is 9.82. The number of amides is 1. The lowest BCUT2D eigenvalue weighted by Crippen LogP contribution is -2.49. The summed E-state index contributed by atoms with van der Waals surface area (Å²) < 4.78 is 25.9. The van der Waals surface area contributed by atoms with E-state index >= 15 is 0 Å². The first-order chi connectivity index (χ1) is 18.1. The number of carbonyl (C=O) groups excluding carboxylic acids is 1. The van der Waals surface area contributed by atoms with Crippen molar-refractivity contribution in [2.75, 3.05) is 44.7 Å². The van der Waals surface area contributed by atoms with Crippen molar-refractivity contribution in [1.82, 2.24) is 14.9 Å². The molecule has 2 N–H and O–H groups in total. The van der Waals surface area contributed by atoms with Crippen molar-refractivity contribution < 1.29 is 18.7 Å². The van der Waals surface area contributed by atoms with Crippen LogP contribution in [0.3, 0.4) is 0 Å². The SMILES string of the molecule is COc1cc(F)cc(-c2nc(C)c(COc3cc(C(C)C)ccc3C)c(N3CCN(CC(N)=O)CC3)n2)c1. The third-order valence-electron chi connectivity index (χ3n) is 6.86. The molecular formula is C29H36FN5O3. The third kappa shape index (κ3) is 6.39. The van der Waals surface area contributed by atoms with Gasteiger partial charge in [0.2, 0.25) is 5.91 Å². The highest BCUT2D eigenvalue weighted by Gasteiger charge is 2.24. The van der Waals surface area contributed by atoms with E-state index in [1.165, 1.54) is 24.8 Å². The minimum Gasteiger partial charge on any atom is -0.497 e. The van der Waals surface area contributed by atoms with Crippen LogP contribution in [0.1, 0.15) is 42.1 Å². The fourth-order valence-corrected chi connectivity index (χ4v) is 4.57. The predicted molar refractivity (Wildman–Crippen MR) is 146 cm³/mol. The lowest BCUT2D eigenvalue weighted by atomic mass is 10.0. The summed E-state index contributed by atoms with van der Waals surface area (Å²) in [6, 6.07) is 10.7. The summed E-state index contributed by atoms with van der Waals surface area (Å²) >= 11 is 0. The monoisotopic (exact) mass is 521 g/mol. The van der Waals surface area contributed by atoms with Gasteiger partial charge in [0.25, 0.3) is 0 Å². The molecule has 0 unspecified atom stereocenters. The maximum Gasteiger partial charge on any atom is 0.231 e. The van der Waals surface area contributed by atoms with Gasteiger partial charge in [0.1, 0.15) is 29.7 Å². The molecule has 9 heteroatoms. The maximum absolute atomic E-state index is 14.3. The van der Waals surface area contributed by atoms with Crippen LogP contribution in [0.4, 0.5) is 10.2 Å². The van der Waals surface area contributed by atoms with Gasteiger partial charge in [0.05, 0.1) is 24.9 Å². The fraction of sp³-hybridized carbons (Fsp3) is 0.414. The Hall–Kier alpha value is -3.72. The molecule has 1 aromatic heterocycles. The van der Waals surface area contributed by atoms with E-state index in [-0.39, 0.29) is 19.1 Å². The van der Waals surface area contributed by atoms with Crippen molar-refractivity contribution in [2.24, 2.45) is 5.73 Å². The summed E-state index contributed by atoms with van der Waals surface area (Å²) in [6.45, 7) is 11.4. The topological polar surface area (TPSA) is 93.8 Å². The van der Waals surface area contributed by atoms with Crippen LogP contribution in [0, 0.1) is 19.7 Å². The van der Waals surface area contributed by atoms with E-state index in [2.05, 4.69) is 36.9 Å². The second-order valence-corrected chi connectivity index (χ2v) is 10.0. The number of methoxy groups -OCH3 is 1. The summed E-state index contributed by atoms with van der Waals surface area (Å²) in [4.78, 5) is 25.3. The molecule has 1 aliphatic rings. The molecule has 1 amide bonds. The lowest BCUT2D eigenvalue weighted by molar-refractivity contribution is -0.119. The number of aryl methyl sites for hydroxylation is 2. The summed E-state index contributed by atoms with van der Waals surface area (Å²) in [5, 5.41) is 0. The number of hydrogen-bond acceptors (Lipinski definition) is 7. The molecule has 3 aromatic rings. The van der Waals surface area contributed by atoms with Crippen LogP contribution in [-0.2, 0) is 11.4 Å². The molecule has 0 radical (unpaired) electrons. The Morgan fingerprint density at radius 3 is 2.47 bits per heavy atom. The van der Waals surface area contributed by atoms with Gasteiger partial charge >= 0.3 is 0 Å². The van der Waals surface area contributed by atoms with Gasteiger partial charge < -0.3 is 20.1 Å². The number of benzene rings is 2. The van der Waals surface area contributed by atoms with Crippen LogP contribution >= 0.6 is 0 Å². The first kappa shape index (κ1) is 27.3. The molecule has 202 valence electrons. The van der Waals surface area contributed by atoms with Gasteiger partial charge in [-0.15, -0.1) is 0 Å². The molecular weight excluding hydrogens is 485 g/mol. The highest BCUT2D eigenvalue weighted by Crippen LogP contribution is 2.31. The number of nitrogens with two attached hydrogens (primary N) is 1. The molecule has 2 aromatic carbocycles. The van der Waals surface area contributed by atoms with Crippen molar-refractivity contribution in [3.8, 4) is 22.9 Å². The van der Waals surface area contributed by atoms with Gasteiger partial charge in [-0.1, -0.05) is 26.0 Å². The highest BCUT2D eigenvalue weighted by molar-refractivity contribution is 5.76. The van der Waals surface area contributed by atoms with Crippen molar-refractivity contribution in [2.45, 2.75) is 40.2 Å². The van der Waals surface area contributed by atoms with Crippen LogP contribution in [-0.4, -0.2) is 60.6 Å². The zero-order valence-corrected chi connectivity index (χ0v) is 22.8. The Kier molecular flexibility index (Phi) is 8.46. The predicted octanol–water partition coefficient (Wildman–Crippen LogP) is 4.22. The van der Waals surface area contributed by atoms with E-state index < -0.39 is 5.82 Å². The van der Waals surface area contributed by atoms with E-state index in [9.17, 15) is 9.18 Å². The Bertz CT molecular complexity index is 1310. The molecule has 4 rings (SSSR count). The maximum atomic E-state index is 14.3. The van der Waals surface area contributed by atoms with Gasteiger partial charge in [0, 0.05) is 37.8 Å². The van der Waals surface area contributed by atoms with Crippen LogP contribution in [0.25, 0.3) is 11.4 Å². The van der Waals surface area contributed by atoms with Crippen molar-refractivity contribution in [3.63, 3.8) is 0 Å². The van der Waals surface area contributed by atoms with E-state index in [0.717, 1.165) is 28.4 Å². The van der Waals surface area contributed by atoms with Crippen LogP contribution < -0.4 is 20.1 Å². The number of rotatable bonds is 9.